The Morgan fingerprint density at radius 3 is 2.38 bits per heavy atom. The van der Waals surface area contributed by atoms with Gasteiger partial charge in [-0.15, -0.1) is 0 Å². The van der Waals surface area contributed by atoms with Crippen LogP contribution in [0.3, 0.4) is 0 Å². The fourth-order valence-corrected chi connectivity index (χ4v) is 3.24. The van der Waals surface area contributed by atoms with Gasteiger partial charge in [-0.25, -0.2) is 13.1 Å². The maximum absolute atomic E-state index is 12.5. The summed E-state index contributed by atoms with van der Waals surface area (Å²) in [6.07, 6.45) is 0. The fourth-order valence-electron chi connectivity index (χ4n) is 2.17. The van der Waals surface area contributed by atoms with Crippen LogP contribution in [-0.2, 0) is 10.0 Å². The molecule has 9 nitrogen and oxygen atoms in total. The Balaban J connectivity index is 2.33. The summed E-state index contributed by atoms with van der Waals surface area (Å²) in [5.74, 6) is -0.413. The lowest BCUT2D eigenvalue weighted by Gasteiger charge is -2.12. The molecule has 2 N–H and O–H groups in total. The third kappa shape index (κ3) is 4.35. The molecule has 0 aliphatic heterocycles. The van der Waals surface area contributed by atoms with Crippen LogP contribution in [0.1, 0.15) is 17.3 Å². The van der Waals surface area contributed by atoms with Crippen molar-refractivity contribution in [3.63, 3.8) is 0 Å². The van der Waals surface area contributed by atoms with Crippen molar-refractivity contribution >= 4 is 27.3 Å². The first-order valence-electron chi connectivity index (χ1n) is 7.52. The number of hydrogen-bond acceptors (Lipinski definition) is 6. The third-order valence-electron chi connectivity index (χ3n) is 3.40. The standard InChI is InChI=1S/C16H17N3O6S/c1-3-17-26(23,24)13-8-9-15(25-2)14(10-13)16(20)18-11-4-6-12(7-5-11)19(21)22/h4-10,17H,3H2,1-2H3,(H,18,20). The van der Waals surface area contributed by atoms with E-state index in [-0.39, 0.29) is 28.4 Å². The molecule has 0 radical (unpaired) electrons. The number of nitro benzene ring substituents is 1. The van der Waals surface area contributed by atoms with Gasteiger partial charge >= 0.3 is 0 Å². The summed E-state index contributed by atoms with van der Waals surface area (Å²) in [6, 6.07) is 9.17. The maximum atomic E-state index is 12.5. The van der Waals surface area contributed by atoms with Crippen molar-refractivity contribution in [1.29, 1.82) is 0 Å². The average Bonchev–Trinajstić information content (AvgIpc) is 2.61. The van der Waals surface area contributed by atoms with E-state index in [9.17, 15) is 23.3 Å². The first-order chi connectivity index (χ1) is 12.3. The molecule has 0 heterocycles. The highest BCUT2D eigenvalue weighted by Crippen LogP contribution is 2.24. The lowest BCUT2D eigenvalue weighted by atomic mass is 10.1. The van der Waals surface area contributed by atoms with Crippen LogP contribution in [-0.4, -0.2) is 32.9 Å². The van der Waals surface area contributed by atoms with Crippen molar-refractivity contribution in [3.05, 3.63) is 58.1 Å². The molecule has 0 saturated heterocycles. The Bertz CT molecular complexity index is 926. The number of anilines is 1. The van der Waals surface area contributed by atoms with E-state index in [0.717, 1.165) is 0 Å². The highest BCUT2D eigenvalue weighted by molar-refractivity contribution is 7.89. The van der Waals surface area contributed by atoms with E-state index in [2.05, 4.69) is 10.0 Å². The van der Waals surface area contributed by atoms with E-state index < -0.39 is 20.9 Å². The number of nitrogens with zero attached hydrogens (tertiary/aromatic N) is 1. The smallest absolute Gasteiger partial charge is 0.269 e. The van der Waals surface area contributed by atoms with Crippen LogP contribution >= 0.6 is 0 Å². The minimum Gasteiger partial charge on any atom is -0.496 e. The number of sulfonamides is 1. The van der Waals surface area contributed by atoms with Crippen LogP contribution in [0, 0.1) is 10.1 Å². The molecule has 0 atom stereocenters. The number of carbonyl (C=O) groups excluding carboxylic acids is 1. The molecule has 0 aromatic heterocycles. The predicted octanol–water partition coefficient (Wildman–Crippen LogP) is 2.15. The van der Waals surface area contributed by atoms with Gasteiger partial charge in [0.2, 0.25) is 10.0 Å². The Labute approximate surface area is 150 Å². The second-order valence-electron chi connectivity index (χ2n) is 5.12. The first-order valence-corrected chi connectivity index (χ1v) is 9.00. The van der Waals surface area contributed by atoms with Gasteiger partial charge in [-0.1, -0.05) is 6.92 Å². The van der Waals surface area contributed by atoms with E-state index in [1.165, 1.54) is 49.6 Å². The molecular formula is C16H17N3O6S. The zero-order valence-electron chi connectivity index (χ0n) is 14.1. The molecule has 0 fully saturated rings. The molecule has 2 aromatic rings. The van der Waals surface area contributed by atoms with Crippen LogP contribution in [0.4, 0.5) is 11.4 Å². The van der Waals surface area contributed by atoms with Crippen molar-refractivity contribution in [2.24, 2.45) is 0 Å². The fraction of sp³-hybridized carbons (Fsp3) is 0.188. The molecule has 0 aliphatic rings. The van der Waals surface area contributed by atoms with Crippen molar-refractivity contribution in [1.82, 2.24) is 4.72 Å². The zero-order valence-corrected chi connectivity index (χ0v) is 14.9. The maximum Gasteiger partial charge on any atom is 0.269 e. The molecule has 2 aromatic carbocycles. The lowest BCUT2D eigenvalue weighted by Crippen LogP contribution is -2.23. The van der Waals surface area contributed by atoms with Gasteiger partial charge in [-0.3, -0.25) is 14.9 Å². The number of benzene rings is 2. The van der Waals surface area contributed by atoms with Crippen LogP contribution in [0.5, 0.6) is 5.75 Å². The normalized spacial score (nSPS) is 11.0. The summed E-state index contributed by atoms with van der Waals surface area (Å²) >= 11 is 0. The zero-order chi connectivity index (χ0) is 19.3. The van der Waals surface area contributed by atoms with Gasteiger partial charge < -0.3 is 10.1 Å². The van der Waals surface area contributed by atoms with E-state index >= 15 is 0 Å². The summed E-state index contributed by atoms with van der Waals surface area (Å²) < 4.78 is 31.7. The van der Waals surface area contributed by atoms with Gasteiger partial charge in [0.1, 0.15) is 5.75 Å². The molecule has 2 rings (SSSR count). The minimum absolute atomic E-state index is 0.0184. The topological polar surface area (TPSA) is 128 Å². The van der Waals surface area contributed by atoms with Gasteiger partial charge in [0, 0.05) is 24.4 Å². The third-order valence-corrected chi connectivity index (χ3v) is 4.94. The van der Waals surface area contributed by atoms with Crippen molar-refractivity contribution < 1.29 is 22.9 Å². The molecule has 0 saturated carbocycles. The number of rotatable bonds is 7. The second-order valence-corrected chi connectivity index (χ2v) is 6.89. The molecular weight excluding hydrogens is 362 g/mol. The molecule has 138 valence electrons. The number of nitro groups is 1. The average molecular weight is 379 g/mol. The highest BCUT2D eigenvalue weighted by Gasteiger charge is 2.19. The number of ether oxygens (including phenoxy) is 1. The van der Waals surface area contributed by atoms with Gasteiger partial charge in [0.25, 0.3) is 11.6 Å². The highest BCUT2D eigenvalue weighted by atomic mass is 32.2. The summed E-state index contributed by atoms with van der Waals surface area (Å²) in [6.45, 7) is 1.85. The first kappa shape index (κ1) is 19.3. The Morgan fingerprint density at radius 1 is 1.19 bits per heavy atom. The van der Waals surface area contributed by atoms with E-state index in [1.807, 2.05) is 0 Å². The van der Waals surface area contributed by atoms with Crippen LogP contribution in [0.25, 0.3) is 0 Å². The number of hydrogen-bond donors (Lipinski definition) is 2. The van der Waals surface area contributed by atoms with Gasteiger partial charge in [-0.2, -0.15) is 0 Å². The monoisotopic (exact) mass is 379 g/mol. The van der Waals surface area contributed by atoms with Gasteiger partial charge in [0.15, 0.2) is 0 Å². The lowest BCUT2D eigenvalue weighted by molar-refractivity contribution is -0.384. The second kappa shape index (κ2) is 7.93. The van der Waals surface area contributed by atoms with Crippen LogP contribution in [0.15, 0.2) is 47.4 Å². The number of carbonyl (C=O) groups is 1. The summed E-state index contributed by atoms with van der Waals surface area (Å²) in [5, 5.41) is 13.2. The molecule has 10 heteroatoms. The molecule has 0 unspecified atom stereocenters. The molecule has 0 bridgehead atoms. The van der Waals surface area contributed by atoms with Crippen LogP contribution in [0.2, 0.25) is 0 Å². The quantitative estimate of drug-likeness (QED) is 0.560. The summed E-state index contributed by atoms with van der Waals surface area (Å²) in [4.78, 5) is 22.5. The summed E-state index contributed by atoms with van der Waals surface area (Å²) in [7, 11) is -2.38. The molecule has 26 heavy (non-hydrogen) atoms. The van der Waals surface area contributed by atoms with Crippen molar-refractivity contribution in [2.45, 2.75) is 11.8 Å². The Morgan fingerprint density at radius 2 is 1.85 bits per heavy atom. The largest absolute Gasteiger partial charge is 0.496 e. The number of methoxy groups -OCH3 is 1. The number of non-ortho nitro benzene ring substituents is 1. The van der Waals surface area contributed by atoms with E-state index in [0.29, 0.717) is 5.69 Å². The summed E-state index contributed by atoms with van der Waals surface area (Å²) in [5.41, 5.74) is 0.228. The number of amides is 1. The van der Waals surface area contributed by atoms with Crippen molar-refractivity contribution in [2.75, 3.05) is 19.0 Å². The SMILES string of the molecule is CCNS(=O)(=O)c1ccc(OC)c(C(=O)Nc2ccc([N+](=O)[O-])cc2)c1. The minimum atomic E-state index is -3.74. The van der Waals surface area contributed by atoms with E-state index in [1.54, 1.807) is 6.92 Å². The Kier molecular flexibility index (Phi) is 5.90. The van der Waals surface area contributed by atoms with Gasteiger partial charge in [0.05, 0.1) is 22.5 Å². The molecule has 0 aliphatic carbocycles. The molecule has 1 amide bonds. The van der Waals surface area contributed by atoms with Crippen molar-refractivity contribution in [3.8, 4) is 5.75 Å². The van der Waals surface area contributed by atoms with E-state index in [4.69, 9.17) is 4.74 Å². The Hall–Kier alpha value is -2.98. The van der Waals surface area contributed by atoms with Gasteiger partial charge in [-0.05, 0) is 30.3 Å². The predicted molar refractivity (Wildman–Crippen MR) is 94.9 cm³/mol. The van der Waals surface area contributed by atoms with Crippen LogP contribution < -0.4 is 14.8 Å². The molecule has 0 spiro atoms. The number of nitrogens with one attached hydrogen (secondary N) is 2.